The van der Waals surface area contributed by atoms with E-state index in [2.05, 4.69) is 17.2 Å². The number of benzene rings is 2. The summed E-state index contributed by atoms with van der Waals surface area (Å²) in [7, 11) is 1.65. The minimum absolute atomic E-state index is 0.114. The Kier molecular flexibility index (Phi) is 3.87. The lowest BCUT2D eigenvalue weighted by Crippen LogP contribution is -2.34. The molecule has 3 rings (SSSR count). The lowest BCUT2D eigenvalue weighted by molar-refractivity contribution is 0.259. The molecule has 2 aromatic rings. The number of amidine groups is 1. The first-order valence-electron chi connectivity index (χ1n) is 7.25. The number of rotatable bonds is 3. The van der Waals surface area contributed by atoms with Crippen LogP contribution in [0.25, 0.3) is 0 Å². The first kappa shape index (κ1) is 14.3. The van der Waals surface area contributed by atoms with E-state index < -0.39 is 0 Å². The number of hydrogen-bond acceptors (Lipinski definition) is 5. The fourth-order valence-corrected chi connectivity index (χ4v) is 2.34. The highest BCUT2D eigenvalue weighted by Gasteiger charge is 2.23. The highest BCUT2D eigenvalue weighted by Crippen LogP contribution is 2.35. The predicted molar refractivity (Wildman–Crippen MR) is 89.3 cm³/mol. The SMILES string of the molecule is CCC1Oc2cc(N)ccc2N=C1Nc1ccc(OC)cc1. The molecule has 0 aliphatic carbocycles. The Bertz CT molecular complexity index is 696. The Morgan fingerprint density at radius 2 is 2.00 bits per heavy atom. The standard InChI is InChI=1S/C17H19N3O2/c1-3-15-17(19-12-5-7-13(21-2)8-6-12)20-14-9-4-11(18)10-16(14)22-15/h4-10,15H,3,18H2,1-2H3,(H,19,20). The molecule has 0 saturated carbocycles. The van der Waals surface area contributed by atoms with Gasteiger partial charge >= 0.3 is 0 Å². The van der Waals surface area contributed by atoms with Crippen molar-refractivity contribution in [2.75, 3.05) is 18.2 Å². The molecule has 0 saturated heterocycles. The number of aliphatic imine (C=N–C) groups is 1. The van der Waals surface area contributed by atoms with Crippen molar-refractivity contribution in [3.8, 4) is 11.5 Å². The number of methoxy groups -OCH3 is 1. The molecule has 114 valence electrons. The first-order valence-corrected chi connectivity index (χ1v) is 7.25. The number of ether oxygens (including phenoxy) is 2. The molecule has 22 heavy (non-hydrogen) atoms. The second-order valence-electron chi connectivity index (χ2n) is 5.09. The number of nitrogens with one attached hydrogen (secondary N) is 1. The summed E-state index contributed by atoms with van der Waals surface area (Å²) in [6.45, 7) is 2.06. The molecule has 5 heteroatoms. The highest BCUT2D eigenvalue weighted by atomic mass is 16.5. The largest absolute Gasteiger partial charge is 0.497 e. The van der Waals surface area contributed by atoms with Gasteiger partial charge in [0.25, 0.3) is 0 Å². The minimum Gasteiger partial charge on any atom is -0.497 e. The summed E-state index contributed by atoms with van der Waals surface area (Å²) >= 11 is 0. The smallest absolute Gasteiger partial charge is 0.156 e. The second kappa shape index (κ2) is 5.97. The van der Waals surface area contributed by atoms with Crippen LogP contribution in [0, 0.1) is 0 Å². The van der Waals surface area contributed by atoms with Gasteiger partial charge in [-0.1, -0.05) is 6.92 Å². The molecule has 0 amide bonds. The summed E-state index contributed by atoms with van der Waals surface area (Å²) in [5, 5.41) is 3.33. The van der Waals surface area contributed by atoms with E-state index >= 15 is 0 Å². The third-order valence-corrected chi connectivity index (χ3v) is 3.53. The topological polar surface area (TPSA) is 68.9 Å². The van der Waals surface area contributed by atoms with Crippen LogP contribution in [0.1, 0.15) is 13.3 Å². The molecule has 5 nitrogen and oxygen atoms in total. The molecule has 0 aromatic heterocycles. The Hall–Kier alpha value is -2.69. The lowest BCUT2D eigenvalue weighted by atomic mass is 10.1. The summed E-state index contributed by atoms with van der Waals surface area (Å²) < 4.78 is 11.2. The van der Waals surface area contributed by atoms with Crippen molar-refractivity contribution in [2.45, 2.75) is 19.4 Å². The van der Waals surface area contributed by atoms with Crippen molar-refractivity contribution < 1.29 is 9.47 Å². The van der Waals surface area contributed by atoms with E-state index in [-0.39, 0.29) is 6.10 Å². The quantitative estimate of drug-likeness (QED) is 0.849. The number of anilines is 2. The van der Waals surface area contributed by atoms with Crippen LogP contribution in [0.2, 0.25) is 0 Å². The number of nitrogens with zero attached hydrogens (tertiary/aromatic N) is 1. The third kappa shape index (κ3) is 2.83. The third-order valence-electron chi connectivity index (χ3n) is 3.53. The van der Waals surface area contributed by atoms with Gasteiger partial charge in [0.2, 0.25) is 0 Å². The summed E-state index contributed by atoms with van der Waals surface area (Å²) in [6, 6.07) is 13.2. The van der Waals surface area contributed by atoms with Crippen LogP contribution in [-0.2, 0) is 0 Å². The van der Waals surface area contributed by atoms with E-state index in [9.17, 15) is 0 Å². The van der Waals surface area contributed by atoms with E-state index in [1.54, 1.807) is 7.11 Å². The van der Waals surface area contributed by atoms with Crippen LogP contribution < -0.4 is 20.5 Å². The van der Waals surface area contributed by atoms with Crippen molar-refractivity contribution in [2.24, 2.45) is 4.99 Å². The first-order chi connectivity index (χ1) is 10.7. The van der Waals surface area contributed by atoms with Gasteiger partial charge in [-0.25, -0.2) is 4.99 Å². The molecule has 0 bridgehead atoms. The van der Waals surface area contributed by atoms with Crippen LogP contribution in [-0.4, -0.2) is 19.0 Å². The van der Waals surface area contributed by atoms with Gasteiger partial charge in [0, 0.05) is 17.4 Å². The predicted octanol–water partition coefficient (Wildman–Crippen LogP) is 3.59. The normalized spacial score (nSPS) is 16.3. The summed E-state index contributed by atoms with van der Waals surface area (Å²) in [6.07, 6.45) is 0.701. The summed E-state index contributed by atoms with van der Waals surface area (Å²) in [5.74, 6) is 2.34. The van der Waals surface area contributed by atoms with Crippen LogP contribution >= 0.6 is 0 Å². The van der Waals surface area contributed by atoms with E-state index in [0.29, 0.717) is 5.69 Å². The molecule has 1 heterocycles. The van der Waals surface area contributed by atoms with Crippen molar-refractivity contribution in [3.05, 3.63) is 42.5 Å². The zero-order valence-electron chi connectivity index (χ0n) is 12.7. The van der Waals surface area contributed by atoms with Gasteiger partial charge in [-0.2, -0.15) is 0 Å². The zero-order chi connectivity index (χ0) is 15.5. The van der Waals surface area contributed by atoms with Crippen LogP contribution in [0.15, 0.2) is 47.5 Å². The molecule has 3 N–H and O–H groups in total. The van der Waals surface area contributed by atoms with E-state index in [1.165, 1.54) is 0 Å². The fourth-order valence-electron chi connectivity index (χ4n) is 2.34. The maximum atomic E-state index is 5.99. The van der Waals surface area contributed by atoms with Crippen LogP contribution in [0.3, 0.4) is 0 Å². The molecular formula is C17H19N3O2. The van der Waals surface area contributed by atoms with Crippen molar-refractivity contribution in [3.63, 3.8) is 0 Å². The maximum absolute atomic E-state index is 5.99. The van der Waals surface area contributed by atoms with Crippen molar-refractivity contribution >= 4 is 22.9 Å². The molecule has 1 unspecified atom stereocenters. The average Bonchev–Trinajstić information content (AvgIpc) is 2.55. The summed E-state index contributed by atoms with van der Waals surface area (Å²) in [5.41, 5.74) is 8.21. The minimum atomic E-state index is -0.114. The number of nitrogen functional groups attached to an aromatic ring is 1. The molecule has 1 aliphatic heterocycles. The molecule has 0 fully saturated rings. The van der Waals surface area contributed by atoms with Gasteiger partial charge in [-0.15, -0.1) is 0 Å². The van der Waals surface area contributed by atoms with Crippen molar-refractivity contribution in [1.82, 2.24) is 0 Å². The average molecular weight is 297 g/mol. The van der Waals surface area contributed by atoms with Crippen LogP contribution in [0.5, 0.6) is 11.5 Å². The second-order valence-corrected chi connectivity index (χ2v) is 5.09. The number of fused-ring (bicyclic) bond motifs is 1. The van der Waals surface area contributed by atoms with Crippen LogP contribution in [0.4, 0.5) is 17.1 Å². The fraction of sp³-hybridized carbons (Fsp3) is 0.235. The van der Waals surface area contributed by atoms with E-state index in [0.717, 1.165) is 35.1 Å². The molecule has 1 aliphatic rings. The molecule has 1 atom stereocenters. The number of nitrogens with two attached hydrogens (primary N) is 1. The lowest BCUT2D eigenvalue weighted by Gasteiger charge is -2.26. The molecular weight excluding hydrogens is 278 g/mol. The Labute approximate surface area is 129 Å². The Balaban J connectivity index is 1.88. The van der Waals surface area contributed by atoms with E-state index in [1.807, 2.05) is 42.5 Å². The van der Waals surface area contributed by atoms with Gasteiger partial charge in [0.05, 0.1) is 7.11 Å². The Morgan fingerprint density at radius 3 is 2.68 bits per heavy atom. The van der Waals surface area contributed by atoms with E-state index in [4.69, 9.17) is 15.2 Å². The summed E-state index contributed by atoms with van der Waals surface area (Å²) in [4.78, 5) is 4.67. The van der Waals surface area contributed by atoms with Gasteiger partial charge in [-0.05, 0) is 42.8 Å². The zero-order valence-corrected chi connectivity index (χ0v) is 12.7. The molecule has 0 spiro atoms. The van der Waals surface area contributed by atoms with Gasteiger partial charge in [-0.3, -0.25) is 0 Å². The number of hydrogen-bond donors (Lipinski definition) is 2. The molecule has 2 aromatic carbocycles. The monoisotopic (exact) mass is 297 g/mol. The van der Waals surface area contributed by atoms with Gasteiger partial charge in [0.1, 0.15) is 23.0 Å². The molecule has 0 radical (unpaired) electrons. The Morgan fingerprint density at radius 1 is 1.23 bits per heavy atom. The maximum Gasteiger partial charge on any atom is 0.156 e. The van der Waals surface area contributed by atoms with Crippen molar-refractivity contribution in [1.29, 1.82) is 0 Å². The van der Waals surface area contributed by atoms with Gasteiger partial charge < -0.3 is 20.5 Å². The highest BCUT2D eigenvalue weighted by molar-refractivity contribution is 6.02. The van der Waals surface area contributed by atoms with Gasteiger partial charge in [0.15, 0.2) is 6.10 Å².